The summed E-state index contributed by atoms with van der Waals surface area (Å²) in [6, 6.07) is 3.36. The molecule has 0 unspecified atom stereocenters. The molecule has 7 heteroatoms. The van der Waals surface area contributed by atoms with Crippen molar-refractivity contribution in [3.8, 4) is 0 Å². The van der Waals surface area contributed by atoms with Crippen LogP contribution in [-0.4, -0.2) is 30.2 Å². The smallest absolute Gasteiger partial charge is 0.292 e. The summed E-state index contributed by atoms with van der Waals surface area (Å²) in [7, 11) is 1.61. The van der Waals surface area contributed by atoms with Crippen LogP contribution in [0.2, 0.25) is 0 Å². The average molecular weight is 260 g/mol. The third-order valence-corrected chi connectivity index (χ3v) is 2.51. The molecule has 0 amide bonds. The molecular weight excluding hydrogens is 246 g/mol. The summed E-state index contributed by atoms with van der Waals surface area (Å²) in [4.78, 5) is 11.7. The molecule has 1 aromatic rings. The molecule has 0 aliphatic heterocycles. The third-order valence-electron chi connectivity index (χ3n) is 2.51. The number of benzene rings is 1. The lowest BCUT2D eigenvalue weighted by molar-refractivity contribution is -0.384. The number of rotatable bonds is 6. The number of aliphatic hydroxyl groups is 1. The molecule has 0 atom stereocenters. The lowest BCUT2D eigenvalue weighted by Gasteiger charge is -2.19. The molecule has 0 heterocycles. The number of nitrogens with zero attached hydrogens (tertiary/aromatic N) is 2. The number of alkyl halides is 2. The summed E-state index contributed by atoms with van der Waals surface area (Å²) in [6.45, 7) is 0.374. The molecule has 0 aromatic heterocycles. The highest BCUT2D eigenvalue weighted by molar-refractivity contribution is 5.64. The maximum absolute atomic E-state index is 12.5. The van der Waals surface area contributed by atoms with Crippen molar-refractivity contribution in [3.63, 3.8) is 0 Å². The minimum absolute atomic E-state index is 0.0345. The second-order valence-electron chi connectivity index (χ2n) is 3.80. The molecule has 0 saturated carbocycles. The topological polar surface area (TPSA) is 66.6 Å². The van der Waals surface area contributed by atoms with E-state index in [-0.39, 0.29) is 23.5 Å². The minimum atomic E-state index is -2.74. The van der Waals surface area contributed by atoms with Crippen molar-refractivity contribution in [2.24, 2.45) is 0 Å². The highest BCUT2D eigenvalue weighted by atomic mass is 19.3. The fourth-order valence-electron chi connectivity index (χ4n) is 1.57. The zero-order valence-corrected chi connectivity index (χ0v) is 9.84. The molecule has 0 aliphatic carbocycles. The average Bonchev–Trinajstić information content (AvgIpc) is 2.34. The van der Waals surface area contributed by atoms with Crippen LogP contribution in [0.5, 0.6) is 0 Å². The van der Waals surface area contributed by atoms with Crippen LogP contribution < -0.4 is 4.90 Å². The second-order valence-corrected chi connectivity index (χ2v) is 3.80. The van der Waals surface area contributed by atoms with Crippen molar-refractivity contribution in [1.29, 1.82) is 0 Å². The van der Waals surface area contributed by atoms with E-state index in [1.54, 1.807) is 11.9 Å². The van der Waals surface area contributed by atoms with Gasteiger partial charge in [0.1, 0.15) is 5.69 Å². The van der Waals surface area contributed by atoms with Gasteiger partial charge in [0.15, 0.2) is 0 Å². The number of nitro benzene ring substituents is 1. The Bertz CT molecular complexity index is 427. The van der Waals surface area contributed by atoms with Gasteiger partial charge < -0.3 is 10.0 Å². The Morgan fingerprint density at radius 1 is 1.50 bits per heavy atom. The number of hydrogen-bond acceptors (Lipinski definition) is 4. The number of nitro groups is 1. The summed E-state index contributed by atoms with van der Waals surface area (Å²) in [5.74, 6) is 0. The van der Waals surface area contributed by atoms with Gasteiger partial charge in [0, 0.05) is 31.8 Å². The van der Waals surface area contributed by atoms with Crippen LogP contribution in [0, 0.1) is 10.1 Å². The summed E-state index contributed by atoms with van der Waals surface area (Å²) >= 11 is 0. The Labute approximate surface area is 103 Å². The van der Waals surface area contributed by atoms with Gasteiger partial charge >= 0.3 is 0 Å². The first-order valence-electron chi connectivity index (χ1n) is 5.36. The molecule has 0 aliphatic rings. The van der Waals surface area contributed by atoms with Crippen molar-refractivity contribution in [3.05, 3.63) is 33.9 Å². The van der Waals surface area contributed by atoms with Gasteiger partial charge in [-0.25, -0.2) is 8.78 Å². The van der Waals surface area contributed by atoms with Crippen LogP contribution in [0.3, 0.4) is 0 Å². The molecule has 0 saturated heterocycles. The van der Waals surface area contributed by atoms with Crippen molar-refractivity contribution in [2.75, 3.05) is 25.1 Å². The predicted octanol–water partition coefficient (Wildman–Crippen LogP) is 2.35. The van der Waals surface area contributed by atoms with Gasteiger partial charge in [-0.1, -0.05) is 6.07 Å². The molecule has 0 radical (unpaired) electrons. The molecule has 1 N–H and O–H groups in total. The number of hydrogen-bond donors (Lipinski definition) is 1. The van der Waals surface area contributed by atoms with Gasteiger partial charge in [-0.2, -0.15) is 0 Å². The molecule has 1 rings (SSSR count). The van der Waals surface area contributed by atoms with Gasteiger partial charge in [0.25, 0.3) is 12.1 Å². The van der Waals surface area contributed by atoms with Crippen LogP contribution in [0.25, 0.3) is 0 Å². The zero-order chi connectivity index (χ0) is 13.7. The van der Waals surface area contributed by atoms with Crippen molar-refractivity contribution in [1.82, 2.24) is 0 Å². The van der Waals surface area contributed by atoms with E-state index < -0.39 is 11.3 Å². The van der Waals surface area contributed by atoms with E-state index in [1.165, 1.54) is 12.1 Å². The van der Waals surface area contributed by atoms with E-state index in [0.29, 0.717) is 13.0 Å². The fourth-order valence-corrected chi connectivity index (χ4v) is 1.57. The predicted molar refractivity (Wildman–Crippen MR) is 63.0 cm³/mol. The lowest BCUT2D eigenvalue weighted by Crippen LogP contribution is -2.20. The van der Waals surface area contributed by atoms with Gasteiger partial charge in [-0.15, -0.1) is 0 Å². The first-order chi connectivity index (χ1) is 8.47. The first-order valence-corrected chi connectivity index (χ1v) is 5.36. The maximum atomic E-state index is 12.5. The second kappa shape index (κ2) is 6.25. The monoisotopic (exact) mass is 260 g/mol. The number of anilines is 1. The number of aliphatic hydroxyl groups excluding tert-OH is 1. The van der Waals surface area contributed by atoms with Gasteiger partial charge in [0.05, 0.1) is 4.92 Å². The van der Waals surface area contributed by atoms with E-state index in [0.717, 1.165) is 6.07 Å². The maximum Gasteiger partial charge on any atom is 0.292 e. The summed E-state index contributed by atoms with van der Waals surface area (Å²) in [5.41, 5.74) is -0.466. The molecule has 5 nitrogen and oxygen atoms in total. The Morgan fingerprint density at radius 3 is 2.67 bits per heavy atom. The van der Waals surface area contributed by atoms with E-state index in [1.807, 2.05) is 0 Å². The van der Waals surface area contributed by atoms with Gasteiger partial charge in [-0.05, 0) is 12.5 Å². The zero-order valence-electron chi connectivity index (χ0n) is 9.84. The number of halogens is 2. The Hall–Kier alpha value is -1.76. The lowest BCUT2D eigenvalue weighted by atomic mass is 10.1. The summed E-state index contributed by atoms with van der Waals surface area (Å²) < 4.78 is 25.0. The Balaban J connectivity index is 3.07. The molecule has 18 heavy (non-hydrogen) atoms. The molecule has 100 valence electrons. The quantitative estimate of drug-likeness (QED) is 0.629. The Kier molecular flexibility index (Phi) is 4.96. The standard InChI is InChI=1S/C11H14F2N2O3/c1-14(5-2-6-16)9-4-3-8(11(12)13)7-10(9)15(17)18/h3-4,7,11,16H,2,5-6H2,1H3. The summed E-state index contributed by atoms with van der Waals surface area (Å²) in [5, 5.41) is 19.6. The molecule has 1 aromatic carbocycles. The fraction of sp³-hybridized carbons (Fsp3) is 0.455. The highest BCUT2D eigenvalue weighted by Gasteiger charge is 2.20. The third kappa shape index (κ3) is 3.36. The summed E-state index contributed by atoms with van der Waals surface area (Å²) in [6.07, 6.45) is -2.29. The van der Waals surface area contributed by atoms with Crippen molar-refractivity contribution >= 4 is 11.4 Å². The highest BCUT2D eigenvalue weighted by Crippen LogP contribution is 2.32. The normalized spacial score (nSPS) is 10.7. The van der Waals surface area contributed by atoms with Crippen LogP contribution in [0.4, 0.5) is 20.2 Å². The molecule has 0 fully saturated rings. The van der Waals surface area contributed by atoms with E-state index in [4.69, 9.17) is 5.11 Å². The van der Waals surface area contributed by atoms with Crippen LogP contribution in [-0.2, 0) is 0 Å². The van der Waals surface area contributed by atoms with E-state index in [2.05, 4.69) is 0 Å². The van der Waals surface area contributed by atoms with Gasteiger partial charge in [0.2, 0.25) is 0 Å². The molecule has 0 bridgehead atoms. The van der Waals surface area contributed by atoms with E-state index in [9.17, 15) is 18.9 Å². The van der Waals surface area contributed by atoms with Crippen molar-refractivity contribution in [2.45, 2.75) is 12.8 Å². The van der Waals surface area contributed by atoms with Crippen LogP contribution in [0.1, 0.15) is 18.4 Å². The van der Waals surface area contributed by atoms with Crippen molar-refractivity contribution < 1.29 is 18.8 Å². The minimum Gasteiger partial charge on any atom is -0.396 e. The largest absolute Gasteiger partial charge is 0.396 e. The SMILES string of the molecule is CN(CCCO)c1ccc(C(F)F)cc1[N+](=O)[O-]. The van der Waals surface area contributed by atoms with E-state index >= 15 is 0 Å². The van der Waals surface area contributed by atoms with Crippen LogP contribution >= 0.6 is 0 Å². The molecular formula is C11H14F2N2O3. The van der Waals surface area contributed by atoms with Gasteiger partial charge in [-0.3, -0.25) is 10.1 Å². The Morgan fingerprint density at radius 2 is 2.17 bits per heavy atom. The molecule has 0 spiro atoms. The van der Waals surface area contributed by atoms with Crippen LogP contribution in [0.15, 0.2) is 18.2 Å². The first kappa shape index (κ1) is 14.3.